The third-order valence-corrected chi connectivity index (χ3v) is 4.37. The number of aryl methyl sites for hydroxylation is 3. The molecule has 3 nitrogen and oxygen atoms in total. The molecule has 0 saturated heterocycles. The maximum Gasteiger partial charge on any atom is 0.262 e. The van der Waals surface area contributed by atoms with Gasteiger partial charge in [0.1, 0.15) is 5.75 Å². The summed E-state index contributed by atoms with van der Waals surface area (Å²) in [5.41, 5.74) is 5.50. The Kier molecular flexibility index (Phi) is 6.02. The van der Waals surface area contributed by atoms with Gasteiger partial charge in [0.25, 0.3) is 5.91 Å². The highest BCUT2D eigenvalue weighted by molar-refractivity contribution is 5.93. The van der Waals surface area contributed by atoms with E-state index in [1.807, 2.05) is 26.0 Å². The van der Waals surface area contributed by atoms with Gasteiger partial charge in [-0.05, 0) is 61.9 Å². The van der Waals surface area contributed by atoms with Crippen LogP contribution in [0.2, 0.25) is 0 Å². The number of carbonyl (C=O) groups excluding carboxylic acids is 1. The summed E-state index contributed by atoms with van der Waals surface area (Å²) in [4.78, 5) is 12.2. The van der Waals surface area contributed by atoms with E-state index >= 15 is 0 Å². The summed E-state index contributed by atoms with van der Waals surface area (Å²) >= 11 is 0. The van der Waals surface area contributed by atoms with E-state index in [-0.39, 0.29) is 12.5 Å². The monoisotopic (exact) mass is 325 g/mol. The molecule has 0 aromatic heterocycles. The van der Waals surface area contributed by atoms with E-state index in [0.717, 1.165) is 29.0 Å². The van der Waals surface area contributed by atoms with Crippen LogP contribution in [0.4, 0.5) is 5.69 Å². The van der Waals surface area contributed by atoms with Gasteiger partial charge in [0.15, 0.2) is 6.61 Å². The highest BCUT2D eigenvalue weighted by Crippen LogP contribution is 2.23. The second kappa shape index (κ2) is 8.00. The molecule has 0 spiro atoms. The summed E-state index contributed by atoms with van der Waals surface area (Å²) in [5, 5.41) is 2.95. The Balaban J connectivity index is 1.94. The highest BCUT2D eigenvalue weighted by Gasteiger charge is 2.09. The third kappa shape index (κ3) is 4.60. The van der Waals surface area contributed by atoms with Crippen molar-refractivity contribution in [2.45, 2.75) is 47.0 Å². The van der Waals surface area contributed by atoms with Gasteiger partial charge in [0.05, 0.1) is 0 Å². The van der Waals surface area contributed by atoms with Gasteiger partial charge >= 0.3 is 0 Å². The van der Waals surface area contributed by atoms with Crippen LogP contribution in [0, 0.1) is 20.8 Å². The molecule has 0 heterocycles. The Morgan fingerprint density at radius 3 is 2.21 bits per heavy atom. The molecule has 3 heteroatoms. The molecule has 2 aromatic carbocycles. The van der Waals surface area contributed by atoms with E-state index in [0.29, 0.717) is 5.92 Å². The molecular weight excluding hydrogens is 298 g/mol. The average molecular weight is 325 g/mol. The molecule has 128 valence electrons. The number of carbonyl (C=O) groups is 1. The number of hydrogen-bond donors (Lipinski definition) is 1. The molecular formula is C21H27NO2. The Bertz CT molecular complexity index is 681. The summed E-state index contributed by atoms with van der Waals surface area (Å²) in [6.07, 6.45) is 1.11. The van der Waals surface area contributed by atoms with Crippen molar-refractivity contribution >= 4 is 11.6 Å². The molecule has 2 rings (SSSR count). The minimum Gasteiger partial charge on any atom is -0.484 e. The number of nitrogens with one attached hydrogen (secondary N) is 1. The van der Waals surface area contributed by atoms with Crippen molar-refractivity contribution in [3.05, 3.63) is 58.7 Å². The molecule has 0 aliphatic rings. The van der Waals surface area contributed by atoms with Gasteiger partial charge in [-0.25, -0.2) is 0 Å². The smallest absolute Gasteiger partial charge is 0.262 e. The fourth-order valence-corrected chi connectivity index (χ4v) is 2.83. The normalized spacial score (nSPS) is 11.9. The van der Waals surface area contributed by atoms with Crippen LogP contribution in [-0.4, -0.2) is 12.5 Å². The van der Waals surface area contributed by atoms with Crippen molar-refractivity contribution in [3.63, 3.8) is 0 Å². The first-order valence-electron chi connectivity index (χ1n) is 8.51. The lowest BCUT2D eigenvalue weighted by atomic mass is 9.99. The Morgan fingerprint density at radius 1 is 1.08 bits per heavy atom. The largest absolute Gasteiger partial charge is 0.484 e. The predicted octanol–water partition coefficient (Wildman–Crippen LogP) is 5.14. The molecule has 0 fully saturated rings. The van der Waals surface area contributed by atoms with E-state index in [1.165, 1.54) is 11.1 Å². The molecule has 0 unspecified atom stereocenters. The molecule has 1 amide bonds. The van der Waals surface area contributed by atoms with E-state index < -0.39 is 0 Å². The maximum atomic E-state index is 12.2. The number of ether oxygens (including phenoxy) is 1. The fraction of sp³-hybridized carbons (Fsp3) is 0.381. The van der Waals surface area contributed by atoms with Gasteiger partial charge in [-0.1, -0.05) is 43.7 Å². The van der Waals surface area contributed by atoms with E-state index in [2.05, 4.69) is 50.4 Å². The predicted molar refractivity (Wildman–Crippen MR) is 99.9 cm³/mol. The first-order chi connectivity index (χ1) is 11.4. The zero-order chi connectivity index (χ0) is 17.7. The first kappa shape index (κ1) is 18.1. The van der Waals surface area contributed by atoms with Crippen LogP contribution in [0.5, 0.6) is 5.75 Å². The summed E-state index contributed by atoms with van der Waals surface area (Å²) < 4.78 is 5.60. The van der Waals surface area contributed by atoms with Gasteiger partial charge in [-0.3, -0.25) is 4.79 Å². The molecule has 0 aliphatic carbocycles. The van der Waals surface area contributed by atoms with Crippen LogP contribution in [0.25, 0.3) is 0 Å². The topological polar surface area (TPSA) is 38.3 Å². The number of hydrogen-bond acceptors (Lipinski definition) is 2. The Morgan fingerprint density at radius 2 is 1.67 bits per heavy atom. The highest BCUT2D eigenvalue weighted by atomic mass is 16.5. The lowest BCUT2D eigenvalue weighted by Gasteiger charge is -2.14. The molecule has 0 bridgehead atoms. The standard InChI is InChI=1S/C21H27NO2/c1-6-15(3)18-7-9-19(10-8-18)24-13-20(23)22-21-16(4)11-14(2)12-17(21)5/h7-12,15H,6,13H2,1-5H3,(H,22,23)/t15-/m0/s1. The molecule has 0 aliphatic heterocycles. The van der Waals surface area contributed by atoms with Crippen molar-refractivity contribution < 1.29 is 9.53 Å². The summed E-state index contributed by atoms with van der Waals surface area (Å²) in [6, 6.07) is 12.1. The van der Waals surface area contributed by atoms with E-state index in [1.54, 1.807) is 0 Å². The summed E-state index contributed by atoms with van der Waals surface area (Å²) in [7, 11) is 0. The van der Waals surface area contributed by atoms with Gasteiger partial charge in [0.2, 0.25) is 0 Å². The molecule has 2 aromatic rings. The SMILES string of the molecule is CC[C@H](C)c1ccc(OCC(=O)Nc2c(C)cc(C)cc2C)cc1. The molecule has 0 radical (unpaired) electrons. The molecule has 1 atom stereocenters. The zero-order valence-corrected chi connectivity index (χ0v) is 15.3. The molecule has 1 N–H and O–H groups in total. The van der Waals surface area contributed by atoms with Crippen LogP contribution in [0.15, 0.2) is 36.4 Å². The van der Waals surface area contributed by atoms with Crippen molar-refractivity contribution in [3.8, 4) is 5.75 Å². The van der Waals surface area contributed by atoms with Crippen LogP contribution >= 0.6 is 0 Å². The molecule has 0 saturated carbocycles. The van der Waals surface area contributed by atoms with Crippen LogP contribution < -0.4 is 10.1 Å². The van der Waals surface area contributed by atoms with Crippen molar-refractivity contribution in [2.75, 3.05) is 11.9 Å². The third-order valence-electron chi connectivity index (χ3n) is 4.37. The fourth-order valence-electron chi connectivity index (χ4n) is 2.83. The lowest BCUT2D eigenvalue weighted by molar-refractivity contribution is -0.118. The summed E-state index contributed by atoms with van der Waals surface area (Å²) in [6.45, 7) is 10.4. The lowest BCUT2D eigenvalue weighted by Crippen LogP contribution is -2.21. The summed E-state index contributed by atoms with van der Waals surface area (Å²) in [5.74, 6) is 1.11. The minimum atomic E-state index is -0.143. The van der Waals surface area contributed by atoms with Crippen LogP contribution in [0.1, 0.15) is 48.4 Å². The van der Waals surface area contributed by atoms with Crippen molar-refractivity contribution in [1.82, 2.24) is 0 Å². The number of rotatable bonds is 6. The van der Waals surface area contributed by atoms with E-state index in [9.17, 15) is 4.79 Å². The second-order valence-electron chi connectivity index (χ2n) is 6.49. The quantitative estimate of drug-likeness (QED) is 0.798. The van der Waals surface area contributed by atoms with Gasteiger partial charge < -0.3 is 10.1 Å². The number of anilines is 1. The first-order valence-corrected chi connectivity index (χ1v) is 8.51. The number of amides is 1. The second-order valence-corrected chi connectivity index (χ2v) is 6.49. The van der Waals surface area contributed by atoms with Crippen molar-refractivity contribution in [2.24, 2.45) is 0 Å². The number of benzene rings is 2. The van der Waals surface area contributed by atoms with Gasteiger partial charge in [0, 0.05) is 5.69 Å². The maximum absolute atomic E-state index is 12.2. The Hall–Kier alpha value is -2.29. The average Bonchev–Trinajstić information content (AvgIpc) is 2.56. The van der Waals surface area contributed by atoms with E-state index in [4.69, 9.17) is 4.74 Å². The van der Waals surface area contributed by atoms with Gasteiger partial charge in [-0.2, -0.15) is 0 Å². The molecule has 24 heavy (non-hydrogen) atoms. The van der Waals surface area contributed by atoms with Crippen LogP contribution in [0.3, 0.4) is 0 Å². The van der Waals surface area contributed by atoms with Crippen LogP contribution in [-0.2, 0) is 4.79 Å². The Labute approximate surface area is 145 Å². The van der Waals surface area contributed by atoms with Crippen molar-refractivity contribution in [1.29, 1.82) is 0 Å². The zero-order valence-electron chi connectivity index (χ0n) is 15.3. The van der Waals surface area contributed by atoms with Gasteiger partial charge in [-0.15, -0.1) is 0 Å². The minimum absolute atomic E-state index is 0.00936.